The lowest BCUT2D eigenvalue weighted by Crippen LogP contribution is -2.44. The van der Waals surface area contributed by atoms with E-state index in [1.807, 2.05) is 29.0 Å². The SMILES string of the molecule is CN1CCC(N(C)C(=O)c2ccccc2OCC(=O)N2CCCCCC2)CC1. The molecule has 2 aliphatic rings. The third kappa shape index (κ3) is 5.25. The summed E-state index contributed by atoms with van der Waals surface area (Å²) < 4.78 is 5.82. The van der Waals surface area contributed by atoms with Crippen molar-refractivity contribution < 1.29 is 14.3 Å². The van der Waals surface area contributed by atoms with Crippen LogP contribution in [0.4, 0.5) is 0 Å². The molecule has 0 unspecified atom stereocenters. The standard InChI is InChI=1S/C22H33N3O3/c1-23-15-11-18(12-16-23)24(2)22(27)19-9-5-6-10-20(19)28-17-21(26)25-13-7-3-4-8-14-25/h5-6,9-10,18H,3-4,7-8,11-17H2,1-2H3. The van der Waals surface area contributed by atoms with E-state index in [-0.39, 0.29) is 24.5 Å². The number of nitrogens with zero attached hydrogens (tertiary/aromatic N) is 3. The van der Waals surface area contributed by atoms with Crippen LogP contribution in [0.1, 0.15) is 48.9 Å². The van der Waals surface area contributed by atoms with Crippen molar-refractivity contribution >= 4 is 11.8 Å². The molecule has 2 aliphatic heterocycles. The van der Waals surface area contributed by atoms with Crippen molar-refractivity contribution in [2.75, 3.05) is 46.9 Å². The van der Waals surface area contributed by atoms with Crippen molar-refractivity contribution in [2.45, 2.75) is 44.6 Å². The quantitative estimate of drug-likeness (QED) is 0.779. The van der Waals surface area contributed by atoms with Gasteiger partial charge in [-0.05, 0) is 58.0 Å². The molecular weight excluding hydrogens is 354 g/mol. The number of carbonyl (C=O) groups is 2. The average Bonchev–Trinajstić information content (AvgIpc) is 3.01. The third-order valence-corrected chi connectivity index (χ3v) is 5.98. The van der Waals surface area contributed by atoms with E-state index in [1.54, 1.807) is 12.1 Å². The van der Waals surface area contributed by atoms with E-state index in [0.717, 1.165) is 51.9 Å². The largest absolute Gasteiger partial charge is 0.483 e. The predicted octanol–water partition coefficient (Wildman–Crippen LogP) is 2.63. The van der Waals surface area contributed by atoms with Crippen molar-refractivity contribution in [3.8, 4) is 5.75 Å². The molecular formula is C22H33N3O3. The summed E-state index contributed by atoms with van der Waals surface area (Å²) >= 11 is 0. The minimum absolute atomic E-state index is 0.00724. The van der Waals surface area contributed by atoms with Crippen LogP contribution in [0.15, 0.2) is 24.3 Å². The van der Waals surface area contributed by atoms with Gasteiger partial charge in [0.2, 0.25) is 0 Å². The number of amides is 2. The molecule has 1 aromatic rings. The fourth-order valence-corrected chi connectivity index (χ4v) is 4.06. The Balaban J connectivity index is 1.62. The monoisotopic (exact) mass is 387 g/mol. The first-order chi connectivity index (χ1) is 13.6. The molecule has 2 heterocycles. The van der Waals surface area contributed by atoms with Crippen LogP contribution in [-0.2, 0) is 4.79 Å². The second kappa shape index (κ2) is 9.92. The van der Waals surface area contributed by atoms with Crippen molar-refractivity contribution in [1.82, 2.24) is 14.7 Å². The normalized spacial score (nSPS) is 19.1. The van der Waals surface area contributed by atoms with E-state index < -0.39 is 0 Å². The number of benzene rings is 1. The van der Waals surface area contributed by atoms with E-state index in [0.29, 0.717) is 11.3 Å². The zero-order valence-corrected chi connectivity index (χ0v) is 17.2. The molecule has 6 heteroatoms. The van der Waals surface area contributed by atoms with Gasteiger partial charge in [-0.3, -0.25) is 9.59 Å². The summed E-state index contributed by atoms with van der Waals surface area (Å²) in [6, 6.07) is 7.51. The fraction of sp³-hybridized carbons (Fsp3) is 0.636. The molecule has 0 spiro atoms. The topological polar surface area (TPSA) is 53.1 Å². The summed E-state index contributed by atoms with van der Waals surface area (Å²) in [5.41, 5.74) is 0.535. The maximum absolute atomic E-state index is 13.1. The number of hydrogen-bond donors (Lipinski definition) is 0. The van der Waals surface area contributed by atoms with Crippen LogP contribution < -0.4 is 4.74 Å². The summed E-state index contributed by atoms with van der Waals surface area (Å²) in [7, 11) is 3.99. The Labute approximate surface area is 168 Å². The second-order valence-electron chi connectivity index (χ2n) is 8.03. The van der Waals surface area contributed by atoms with Crippen LogP contribution >= 0.6 is 0 Å². The summed E-state index contributed by atoms with van der Waals surface area (Å²) in [5, 5.41) is 0. The molecule has 0 bridgehead atoms. The van der Waals surface area contributed by atoms with Crippen LogP contribution in [-0.4, -0.2) is 79.4 Å². The Morgan fingerprint density at radius 1 is 1.04 bits per heavy atom. The highest BCUT2D eigenvalue weighted by Gasteiger charge is 2.26. The van der Waals surface area contributed by atoms with Crippen molar-refractivity contribution in [3.63, 3.8) is 0 Å². The van der Waals surface area contributed by atoms with Gasteiger partial charge in [0.1, 0.15) is 5.75 Å². The lowest BCUT2D eigenvalue weighted by Gasteiger charge is -2.35. The molecule has 2 saturated heterocycles. The maximum atomic E-state index is 13.1. The van der Waals surface area contributed by atoms with Crippen molar-refractivity contribution in [3.05, 3.63) is 29.8 Å². The van der Waals surface area contributed by atoms with Crippen LogP contribution in [0.2, 0.25) is 0 Å². The Morgan fingerprint density at radius 2 is 1.68 bits per heavy atom. The highest BCUT2D eigenvalue weighted by Crippen LogP contribution is 2.23. The van der Waals surface area contributed by atoms with E-state index >= 15 is 0 Å². The highest BCUT2D eigenvalue weighted by molar-refractivity contribution is 5.97. The first-order valence-corrected chi connectivity index (χ1v) is 10.5. The zero-order valence-electron chi connectivity index (χ0n) is 17.2. The first-order valence-electron chi connectivity index (χ1n) is 10.5. The lowest BCUT2D eigenvalue weighted by molar-refractivity contribution is -0.133. The fourth-order valence-electron chi connectivity index (χ4n) is 4.06. The molecule has 3 rings (SSSR count). The van der Waals surface area contributed by atoms with Crippen LogP contribution in [0.5, 0.6) is 5.75 Å². The van der Waals surface area contributed by atoms with E-state index in [9.17, 15) is 9.59 Å². The van der Waals surface area contributed by atoms with Gasteiger partial charge in [0.15, 0.2) is 6.61 Å². The molecule has 0 N–H and O–H groups in total. The van der Waals surface area contributed by atoms with Gasteiger partial charge in [0.05, 0.1) is 5.56 Å². The van der Waals surface area contributed by atoms with Gasteiger partial charge in [-0.1, -0.05) is 25.0 Å². The number of piperidine rings is 1. The summed E-state index contributed by atoms with van der Waals surface area (Å²) in [6.45, 7) is 3.61. The number of likely N-dealkylation sites (tertiary alicyclic amines) is 2. The summed E-state index contributed by atoms with van der Waals surface area (Å²) in [5.74, 6) is 0.468. The number of para-hydroxylation sites is 1. The van der Waals surface area contributed by atoms with E-state index in [1.165, 1.54) is 12.8 Å². The Kier molecular flexibility index (Phi) is 7.31. The van der Waals surface area contributed by atoms with Crippen LogP contribution in [0.25, 0.3) is 0 Å². The van der Waals surface area contributed by atoms with Gasteiger partial charge >= 0.3 is 0 Å². The molecule has 2 fully saturated rings. The molecule has 0 saturated carbocycles. The number of rotatable bonds is 5. The van der Waals surface area contributed by atoms with Gasteiger partial charge in [-0.15, -0.1) is 0 Å². The summed E-state index contributed by atoms with van der Waals surface area (Å²) in [4.78, 5) is 31.6. The minimum atomic E-state index is -0.0348. The number of carbonyl (C=O) groups excluding carboxylic acids is 2. The molecule has 154 valence electrons. The van der Waals surface area contributed by atoms with Gasteiger partial charge in [0, 0.05) is 26.2 Å². The molecule has 2 amide bonds. The Morgan fingerprint density at radius 3 is 2.36 bits per heavy atom. The third-order valence-electron chi connectivity index (χ3n) is 5.98. The zero-order chi connectivity index (χ0) is 19.9. The molecule has 1 aromatic carbocycles. The van der Waals surface area contributed by atoms with Crippen LogP contribution in [0.3, 0.4) is 0 Å². The van der Waals surface area contributed by atoms with E-state index in [2.05, 4.69) is 11.9 Å². The number of ether oxygens (including phenoxy) is 1. The van der Waals surface area contributed by atoms with Gasteiger partial charge in [-0.2, -0.15) is 0 Å². The first kappa shape index (κ1) is 20.6. The maximum Gasteiger partial charge on any atom is 0.260 e. The van der Waals surface area contributed by atoms with Crippen molar-refractivity contribution in [2.24, 2.45) is 0 Å². The Bertz CT molecular complexity index is 663. The smallest absolute Gasteiger partial charge is 0.260 e. The molecule has 28 heavy (non-hydrogen) atoms. The second-order valence-corrected chi connectivity index (χ2v) is 8.03. The molecule has 0 aliphatic carbocycles. The lowest BCUT2D eigenvalue weighted by atomic mass is 10.0. The van der Waals surface area contributed by atoms with Crippen molar-refractivity contribution in [1.29, 1.82) is 0 Å². The summed E-state index contributed by atoms with van der Waals surface area (Å²) in [6.07, 6.45) is 6.45. The predicted molar refractivity (Wildman–Crippen MR) is 110 cm³/mol. The minimum Gasteiger partial charge on any atom is -0.483 e. The Hall–Kier alpha value is -2.08. The molecule has 0 atom stereocenters. The van der Waals surface area contributed by atoms with Gasteiger partial charge in [-0.25, -0.2) is 0 Å². The van der Waals surface area contributed by atoms with Gasteiger partial charge < -0.3 is 19.4 Å². The molecule has 6 nitrogen and oxygen atoms in total. The highest BCUT2D eigenvalue weighted by atomic mass is 16.5. The molecule has 0 radical (unpaired) electrons. The van der Waals surface area contributed by atoms with Crippen LogP contribution in [0, 0.1) is 0 Å². The van der Waals surface area contributed by atoms with Gasteiger partial charge in [0.25, 0.3) is 11.8 Å². The average molecular weight is 388 g/mol. The van der Waals surface area contributed by atoms with E-state index in [4.69, 9.17) is 4.74 Å². The number of hydrogen-bond acceptors (Lipinski definition) is 4. The molecule has 0 aromatic heterocycles.